The molecule has 2 rings (SSSR count). The zero-order valence-electron chi connectivity index (χ0n) is 11.1. The van der Waals surface area contributed by atoms with E-state index in [4.69, 9.17) is 5.11 Å². The van der Waals surface area contributed by atoms with E-state index in [-0.39, 0.29) is 11.5 Å². The Labute approximate surface area is 117 Å². The zero-order valence-corrected chi connectivity index (χ0v) is 11.9. The summed E-state index contributed by atoms with van der Waals surface area (Å²) >= 11 is 0. The molecule has 0 saturated carbocycles. The Kier molecular flexibility index (Phi) is 4.41. The first-order valence-corrected chi connectivity index (χ1v) is 7.74. The molecular weight excluding hydrogens is 278 g/mol. The summed E-state index contributed by atoms with van der Waals surface area (Å²) < 4.78 is 26.9. The number of nitrogens with zero attached hydrogens (tertiary/aromatic N) is 1. The Morgan fingerprint density at radius 2 is 2.20 bits per heavy atom. The van der Waals surface area contributed by atoms with E-state index in [9.17, 15) is 8.42 Å². The predicted octanol–water partition coefficient (Wildman–Crippen LogP) is 1.44. The van der Waals surface area contributed by atoms with E-state index in [1.807, 2.05) is 6.07 Å². The molecule has 3 N–H and O–H groups in total. The van der Waals surface area contributed by atoms with Crippen molar-refractivity contribution in [1.29, 1.82) is 0 Å². The number of anilines is 1. The van der Waals surface area contributed by atoms with E-state index in [0.717, 1.165) is 5.56 Å². The average molecular weight is 295 g/mol. The molecule has 20 heavy (non-hydrogen) atoms. The number of aliphatic hydroxyl groups is 1. The van der Waals surface area contributed by atoms with Gasteiger partial charge in [-0.05, 0) is 37.5 Å². The molecule has 0 saturated heterocycles. The van der Waals surface area contributed by atoms with Gasteiger partial charge in [0.2, 0.25) is 0 Å². The van der Waals surface area contributed by atoms with Gasteiger partial charge in [0.15, 0.2) is 0 Å². The van der Waals surface area contributed by atoms with Gasteiger partial charge in [0.05, 0.1) is 11.9 Å². The van der Waals surface area contributed by atoms with Gasteiger partial charge in [-0.3, -0.25) is 9.82 Å². The van der Waals surface area contributed by atoms with Crippen LogP contribution in [-0.4, -0.2) is 30.3 Å². The van der Waals surface area contributed by atoms with Crippen molar-refractivity contribution in [2.24, 2.45) is 0 Å². The van der Waals surface area contributed by atoms with Crippen molar-refractivity contribution in [1.82, 2.24) is 10.2 Å². The van der Waals surface area contributed by atoms with E-state index in [2.05, 4.69) is 14.9 Å². The second kappa shape index (κ2) is 6.06. The number of H-pyrrole nitrogens is 1. The lowest BCUT2D eigenvalue weighted by molar-refractivity contribution is 0.288. The van der Waals surface area contributed by atoms with Crippen LogP contribution >= 0.6 is 0 Å². The Hall–Kier alpha value is -1.86. The van der Waals surface area contributed by atoms with Crippen molar-refractivity contribution >= 4 is 15.7 Å². The van der Waals surface area contributed by atoms with Crippen LogP contribution in [0.5, 0.6) is 0 Å². The third kappa shape index (κ3) is 3.37. The number of nitrogens with one attached hydrogen (secondary N) is 2. The summed E-state index contributed by atoms with van der Waals surface area (Å²) in [4.78, 5) is 0.137. The lowest BCUT2D eigenvalue weighted by Crippen LogP contribution is -2.13. The molecular formula is C13H17N3O3S. The van der Waals surface area contributed by atoms with Gasteiger partial charge in [0.25, 0.3) is 10.0 Å². The Morgan fingerprint density at radius 3 is 2.85 bits per heavy atom. The molecule has 2 aromatic rings. The lowest BCUT2D eigenvalue weighted by atomic mass is 10.1. The van der Waals surface area contributed by atoms with Crippen LogP contribution in [-0.2, 0) is 16.4 Å². The highest BCUT2D eigenvalue weighted by molar-refractivity contribution is 7.92. The Morgan fingerprint density at radius 1 is 1.40 bits per heavy atom. The van der Waals surface area contributed by atoms with Crippen LogP contribution in [0.25, 0.3) is 0 Å². The fourth-order valence-corrected chi connectivity index (χ4v) is 3.08. The molecule has 0 amide bonds. The van der Waals surface area contributed by atoms with Gasteiger partial charge in [-0.2, -0.15) is 5.10 Å². The molecule has 0 radical (unpaired) electrons. The minimum atomic E-state index is -3.63. The van der Waals surface area contributed by atoms with Crippen LogP contribution in [0, 0.1) is 6.92 Å². The number of benzene rings is 1. The summed E-state index contributed by atoms with van der Waals surface area (Å²) in [5, 5.41) is 15.1. The first-order chi connectivity index (χ1) is 9.53. The quantitative estimate of drug-likeness (QED) is 0.751. The van der Waals surface area contributed by atoms with Gasteiger partial charge >= 0.3 is 0 Å². The van der Waals surface area contributed by atoms with Crippen LogP contribution in [0.1, 0.15) is 17.7 Å². The number of aromatic nitrogens is 2. The average Bonchev–Trinajstić information content (AvgIpc) is 2.83. The van der Waals surface area contributed by atoms with Crippen LogP contribution < -0.4 is 4.72 Å². The number of aryl methyl sites for hydroxylation is 2. The number of aliphatic hydroxyl groups excluding tert-OH is 1. The highest BCUT2D eigenvalue weighted by Gasteiger charge is 2.18. The largest absolute Gasteiger partial charge is 0.396 e. The topological polar surface area (TPSA) is 95.1 Å². The normalized spacial score (nSPS) is 11.5. The molecule has 0 atom stereocenters. The van der Waals surface area contributed by atoms with Gasteiger partial charge in [0, 0.05) is 12.3 Å². The molecule has 1 aromatic carbocycles. The highest BCUT2D eigenvalue weighted by atomic mass is 32.2. The maximum atomic E-state index is 12.2. The van der Waals surface area contributed by atoms with Gasteiger partial charge in [0.1, 0.15) is 4.90 Å². The molecule has 0 bridgehead atoms. The van der Waals surface area contributed by atoms with Gasteiger partial charge < -0.3 is 5.11 Å². The summed E-state index contributed by atoms with van der Waals surface area (Å²) in [5.41, 5.74) is 1.97. The summed E-state index contributed by atoms with van der Waals surface area (Å²) in [6.45, 7) is 1.77. The van der Waals surface area contributed by atoms with Crippen LogP contribution in [0.15, 0.2) is 35.4 Å². The van der Waals surface area contributed by atoms with Crippen molar-refractivity contribution in [3.63, 3.8) is 0 Å². The standard InChI is InChI=1S/C13H17N3O3S/c1-10-13(9-14-15-10)20(18,19)16-12-6-2-4-11(8-12)5-3-7-17/h2,4,6,8-9,16-17H,3,5,7H2,1H3,(H,14,15). The van der Waals surface area contributed by atoms with Gasteiger partial charge in [-0.1, -0.05) is 12.1 Å². The molecule has 0 aliphatic carbocycles. The maximum absolute atomic E-state index is 12.2. The van der Waals surface area contributed by atoms with E-state index in [0.29, 0.717) is 24.2 Å². The van der Waals surface area contributed by atoms with E-state index in [1.54, 1.807) is 25.1 Å². The maximum Gasteiger partial charge on any atom is 0.265 e. The molecule has 0 aliphatic heterocycles. The Bertz CT molecular complexity index is 680. The van der Waals surface area contributed by atoms with E-state index < -0.39 is 10.0 Å². The minimum absolute atomic E-state index is 0.115. The number of hydrogen-bond donors (Lipinski definition) is 3. The predicted molar refractivity (Wildman–Crippen MR) is 76.0 cm³/mol. The summed E-state index contributed by atoms with van der Waals surface area (Å²) in [6, 6.07) is 7.14. The number of aromatic amines is 1. The fourth-order valence-electron chi connectivity index (χ4n) is 1.89. The fraction of sp³-hybridized carbons (Fsp3) is 0.308. The van der Waals surface area contributed by atoms with Crippen molar-refractivity contribution in [2.45, 2.75) is 24.7 Å². The van der Waals surface area contributed by atoms with Crippen molar-refractivity contribution in [3.8, 4) is 0 Å². The third-order valence-corrected chi connectivity index (χ3v) is 4.37. The van der Waals surface area contributed by atoms with Crippen LogP contribution in [0.4, 0.5) is 5.69 Å². The molecule has 7 heteroatoms. The first kappa shape index (κ1) is 14.5. The Balaban J connectivity index is 2.19. The molecule has 108 valence electrons. The third-order valence-electron chi connectivity index (χ3n) is 2.88. The van der Waals surface area contributed by atoms with Crippen molar-refractivity contribution in [3.05, 3.63) is 41.7 Å². The van der Waals surface area contributed by atoms with Crippen LogP contribution in [0.2, 0.25) is 0 Å². The minimum Gasteiger partial charge on any atom is -0.396 e. The molecule has 1 heterocycles. The highest BCUT2D eigenvalue weighted by Crippen LogP contribution is 2.19. The van der Waals surface area contributed by atoms with Crippen molar-refractivity contribution < 1.29 is 13.5 Å². The van der Waals surface area contributed by atoms with E-state index >= 15 is 0 Å². The molecule has 6 nitrogen and oxygen atoms in total. The van der Waals surface area contributed by atoms with Gasteiger partial charge in [-0.25, -0.2) is 8.42 Å². The number of hydrogen-bond acceptors (Lipinski definition) is 4. The second-order valence-electron chi connectivity index (χ2n) is 4.49. The molecule has 1 aromatic heterocycles. The molecule has 0 unspecified atom stereocenters. The first-order valence-electron chi connectivity index (χ1n) is 6.25. The lowest BCUT2D eigenvalue weighted by Gasteiger charge is -2.08. The second-order valence-corrected chi connectivity index (χ2v) is 6.14. The van der Waals surface area contributed by atoms with Gasteiger partial charge in [-0.15, -0.1) is 0 Å². The summed E-state index contributed by atoms with van der Waals surface area (Å²) in [7, 11) is -3.63. The monoisotopic (exact) mass is 295 g/mol. The zero-order chi connectivity index (χ0) is 14.6. The number of rotatable bonds is 6. The molecule has 0 spiro atoms. The molecule has 0 fully saturated rings. The summed E-state index contributed by atoms with van der Waals surface area (Å²) in [6.07, 6.45) is 2.64. The molecule has 0 aliphatic rings. The van der Waals surface area contributed by atoms with Crippen molar-refractivity contribution in [2.75, 3.05) is 11.3 Å². The summed E-state index contributed by atoms with van der Waals surface area (Å²) in [5.74, 6) is 0. The van der Waals surface area contributed by atoms with Crippen LogP contribution in [0.3, 0.4) is 0 Å². The van der Waals surface area contributed by atoms with E-state index in [1.165, 1.54) is 6.20 Å². The number of sulfonamides is 1. The SMILES string of the molecule is Cc1[nH]ncc1S(=O)(=O)Nc1cccc(CCCO)c1. The smallest absolute Gasteiger partial charge is 0.265 e.